The number of aromatic nitrogens is 3. The Morgan fingerprint density at radius 1 is 1.23 bits per heavy atom. The highest BCUT2D eigenvalue weighted by Gasteiger charge is 2.10. The second kappa shape index (κ2) is 8.14. The van der Waals surface area contributed by atoms with Gasteiger partial charge in [-0.1, -0.05) is 28.1 Å². The number of benzene rings is 2. The van der Waals surface area contributed by atoms with Crippen molar-refractivity contribution in [3.8, 4) is 11.4 Å². The van der Waals surface area contributed by atoms with Crippen LogP contribution in [0, 0.1) is 0 Å². The molecule has 2 aromatic carbocycles. The summed E-state index contributed by atoms with van der Waals surface area (Å²) in [6.45, 7) is 2.11. The van der Waals surface area contributed by atoms with E-state index in [4.69, 9.17) is 4.74 Å². The number of hydrogen-bond acceptors (Lipinski definition) is 5. The zero-order valence-electron chi connectivity index (χ0n) is 14.2. The normalized spacial score (nSPS) is 11.3. The minimum absolute atomic E-state index is 0.104. The van der Waals surface area contributed by atoms with Gasteiger partial charge in [-0.15, -0.1) is 15.0 Å². The number of halogens is 1. The van der Waals surface area contributed by atoms with Crippen molar-refractivity contribution >= 4 is 32.9 Å². The molecule has 0 spiro atoms. The molecular formula is C19H18BrN3O3. The Kier molecular flexibility index (Phi) is 5.68. The summed E-state index contributed by atoms with van der Waals surface area (Å²) >= 11 is 3.41. The topological polar surface area (TPSA) is 77.2 Å². The van der Waals surface area contributed by atoms with E-state index in [1.807, 2.05) is 30.3 Å². The molecule has 0 bridgehead atoms. The molecule has 0 radical (unpaired) electrons. The number of allylic oxidation sites excluding steroid dienone is 1. The zero-order chi connectivity index (χ0) is 18.5. The SMILES string of the molecule is CC=CC(=O)OCCCc1ccc(O)c(-n2nc3ccc(Br)cc3n2)c1. The van der Waals surface area contributed by atoms with E-state index in [9.17, 15) is 9.90 Å². The highest BCUT2D eigenvalue weighted by atomic mass is 79.9. The Hall–Kier alpha value is -2.67. The van der Waals surface area contributed by atoms with Crippen molar-refractivity contribution in [3.05, 3.63) is 58.6 Å². The standard InChI is InChI=1S/C19H18BrN3O3/c1-2-4-19(25)26-10-3-5-13-6-9-18(24)17(11-13)23-21-15-8-7-14(20)12-16(15)22-23/h2,4,6-9,11-12,24H,3,5,10H2,1H3. The quantitative estimate of drug-likeness (QED) is 0.374. The third kappa shape index (κ3) is 4.29. The summed E-state index contributed by atoms with van der Waals surface area (Å²) in [5, 5.41) is 19.0. The first-order valence-electron chi connectivity index (χ1n) is 8.21. The van der Waals surface area contributed by atoms with Crippen LogP contribution in [0.15, 0.2) is 53.0 Å². The van der Waals surface area contributed by atoms with Gasteiger partial charge in [0.25, 0.3) is 0 Å². The zero-order valence-corrected chi connectivity index (χ0v) is 15.8. The second-order valence-electron chi connectivity index (χ2n) is 5.72. The van der Waals surface area contributed by atoms with Gasteiger partial charge in [0, 0.05) is 10.5 Å². The van der Waals surface area contributed by atoms with Gasteiger partial charge in [-0.2, -0.15) is 0 Å². The van der Waals surface area contributed by atoms with E-state index in [0.29, 0.717) is 25.1 Å². The Morgan fingerprint density at radius 3 is 2.85 bits per heavy atom. The van der Waals surface area contributed by atoms with Gasteiger partial charge in [0.05, 0.1) is 6.61 Å². The minimum Gasteiger partial charge on any atom is -0.506 e. The fraction of sp³-hybridized carbons (Fsp3) is 0.211. The molecule has 3 aromatic rings. The summed E-state index contributed by atoms with van der Waals surface area (Å²) in [4.78, 5) is 12.7. The van der Waals surface area contributed by atoms with Crippen LogP contribution in [0.5, 0.6) is 5.75 Å². The number of carbonyl (C=O) groups is 1. The van der Waals surface area contributed by atoms with E-state index >= 15 is 0 Å². The van der Waals surface area contributed by atoms with E-state index in [2.05, 4.69) is 26.1 Å². The highest BCUT2D eigenvalue weighted by molar-refractivity contribution is 9.10. The number of rotatable bonds is 6. The smallest absolute Gasteiger partial charge is 0.330 e. The molecule has 0 aliphatic heterocycles. The van der Waals surface area contributed by atoms with Crippen molar-refractivity contribution in [1.82, 2.24) is 15.0 Å². The van der Waals surface area contributed by atoms with Crippen LogP contribution in [-0.4, -0.2) is 32.7 Å². The number of nitrogens with zero attached hydrogens (tertiary/aromatic N) is 3. The molecule has 0 atom stereocenters. The first-order chi connectivity index (χ1) is 12.6. The van der Waals surface area contributed by atoms with E-state index in [0.717, 1.165) is 21.1 Å². The molecule has 0 saturated heterocycles. The molecule has 1 N–H and O–H groups in total. The van der Waals surface area contributed by atoms with Gasteiger partial charge in [-0.05, 0) is 55.7 Å². The molecular weight excluding hydrogens is 398 g/mol. The molecule has 26 heavy (non-hydrogen) atoms. The number of fused-ring (bicyclic) bond motifs is 1. The van der Waals surface area contributed by atoms with Gasteiger partial charge in [0.15, 0.2) is 0 Å². The first kappa shape index (κ1) is 18.1. The first-order valence-corrected chi connectivity index (χ1v) is 9.00. The largest absolute Gasteiger partial charge is 0.506 e. The van der Waals surface area contributed by atoms with Crippen LogP contribution in [-0.2, 0) is 16.0 Å². The summed E-state index contributed by atoms with van der Waals surface area (Å²) in [5.74, 6) is -0.231. The molecule has 0 amide bonds. The van der Waals surface area contributed by atoms with Crippen LogP contribution >= 0.6 is 15.9 Å². The van der Waals surface area contributed by atoms with Crippen LogP contribution in [0.25, 0.3) is 16.7 Å². The number of carbonyl (C=O) groups excluding carboxylic acids is 1. The van der Waals surface area contributed by atoms with Crippen molar-refractivity contribution in [2.45, 2.75) is 19.8 Å². The molecule has 0 fully saturated rings. The van der Waals surface area contributed by atoms with Crippen molar-refractivity contribution in [1.29, 1.82) is 0 Å². The second-order valence-corrected chi connectivity index (χ2v) is 6.63. The van der Waals surface area contributed by atoms with Crippen molar-refractivity contribution in [2.24, 2.45) is 0 Å². The van der Waals surface area contributed by atoms with Gasteiger partial charge in [-0.25, -0.2) is 4.79 Å². The maximum atomic E-state index is 11.3. The van der Waals surface area contributed by atoms with Gasteiger partial charge < -0.3 is 9.84 Å². The molecule has 0 aliphatic rings. The summed E-state index contributed by atoms with van der Waals surface area (Å²) in [6, 6.07) is 10.9. The Morgan fingerprint density at radius 2 is 2.04 bits per heavy atom. The number of esters is 1. The predicted octanol–water partition coefficient (Wildman–Crippen LogP) is 3.94. The lowest BCUT2D eigenvalue weighted by Gasteiger charge is -2.07. The molecule has 7 heteroatoms. The summed E-state index contributed by atoms with van der Waals surface area (Å²) in [5.41, 5.74) is 3.00. The number of ether oxygens (including phenoxy) is 1. The third-order valence-corrected chi connectivity index (χ3v) is 4.25. The van der Waals surface area contributed by atoms with Crippen LogP contribution < -0.4 is 0 Å². The van der Waals surface area contributed by atoms with E-state index in [1.54, 1.807) is 19.1 Å². The summed E-state index contributed by atoms with van der Waals surface area (Å²) in [7, 11) is 0. The minimum atomic E-state index is -0.336. The molecule has 1 aromatic heterocycles. The summed E-state index contributed by atoms with van der Waals surface area (Å²) < 4.78 is 6.00. The molecule has 1 heterocycles. The van der Waals surface area contributed by atoms with Crippen molar-refractivity contribution < 1.29 is 14.6 Å². The molecule has 0 unspecified atom stereocenters. The van der Waals surface area contributed by atoms with E-state index < -0.39 is 0 Å². The van der Waals surface area contributed by atoms with Crippen LogP contribution in [0.3, 0.4) is 0 Å². The van der Waals surface area contributed by atoms with Crippen molar-refractivity contribution in [3.63, 3.8) is 0 Å². The molecule has 0 aliphatic carbocycles. The maximum absolute atomic E-state index is 11.3. The highest BCUT2D eigenvalue weighted by Crippen LogP contribution is 2.24. The average molecular weight is 416 g/mol. The predicted molar refractivity (Wildman–Crippen MR) is 102 cm³/mol. The third-order valence-electron chi connectivity index (χ3n) is 3.75. The van der Waals surface area contributed by atoms with E-state index in [1.165, 1.54) is 10.9 Å². The molecule has 6 nitrogen and oxygen atoms in total. The summed E-state index contributed by atoms with van der Waals surface area (Å²) in [6.07, 6.45) is 4.44. The van der Waals surface area contributed by atoms with Crippen LogP contribution in [0.2, 0.25) is 0 Å². The number of phenols is 1. The van der Waals surface area contributed by atoms with E-state index in [-0.39, 0.29) is 11.7 Å². The van der Waals surface area contributed by atoms with Crippen LogP contribution in [0.1, 0.15) is 18.9 Å². The fourth-order valence-electron chi connectivity index (χ4n) is 2.51. The van der Waals surface area contributed by atoms with Crippen molar-refractivity contribution in [2.75, 3.05) is 6.61 Å². The Labute approximate surface area is 159 Å². The number of phenolic OH excluding ortho intramolecular Hbond substituents is 1. The average Bonchev–Trinajstić information content (AvgIpc) is 3.03. The van der Waals surface area contributed by atoms with Gasteiger partial charge in [0.2, 0.25) is 0 Å². The lowest BCUT2D eigenvalue weighted by atomic mass is 10.1. The van der Waals surface area contributed by atoms with Crippen LogP contribution in [0.4, 0.5) is 0 Å². The number of aromatic hydroxyl groups is 1. The lowest BCUT2D eigenvalue weighted by Crippen LogP contribution is -2.04. The maximum Gasteiger partial charge on any atom is 0.330 e. The fourth-order valence-corrected chi connectivity index (χ4v) is 2.86. The Bertz CT molecular complexity index is 966. The lowest BCUT2D eigenvalue weighted by molar-refractivity contribution is -0.137. The van der Waals surface area contributed by atoms with Gasteiger partial charge in [0.1, 0.15) is 22.5 Å². The Balaban J connectivity index is 1.73. The molecule has 3 rings (SSSR count). The number of aryl methyl sites for hydroxylation is 1. The molecule has 134 valence electrons. The monoisotopic (exact) mass is 415 g/mol. The van der Waals surface area contributed by atoms with Gasteiger partial charge in [-0.3, -0.25) is 0 Å². The number of hydrogen-bond donors (Lipinski definition) is 1. The molecule has 0 saturated carbocycles. The van der Waals surface area contributed by atoms with Gasteiger partial charge >= 0.3 is 5.97 Å².